The summed E-state index contributed by atoms with van der Waals surface area (Å²) >= 11 is 0. The van der Waals surface area contributed by atoms with Crippen molar-refractivity contribution in [2.75, 3.05) is 13.2 Å². The molecule has 0 aliphatic rings. The zero-order valence-corrected chi connectivity index (χ0v) is 14.2. The van der Waals surface area contributed by atoms with Gasteiger partial charge in [-0.15, -0.1) is 0 Å². The zero-order chi connectivity index (χ0) is 19.5. The lowest BCUT2D eigenvalue weighted by atomic mass is 10.3. The number of hydrogen-bond acceptors (Lipinski definition) is 2. The molecule has 1 aromatic rings. The molecule has 2 nitrogen and oxygen atoms in total. The molecule has 0 fully saturated rings. The molecule has 148 valence electrons. The summed E-state index contributed by atoms with van der Waals surface area (Å²) in [5.74, 6) is -5.17. The van der Waals surface area contributed by atoms with Crippen LogP contribution in [0.3, 0.4) is 0 Å². The predicted octanol–water partition coefficient (Wildman–Crippen LogP) is 6.74. The van der Waals surface area contributed by atoms with Crippen LogP contribution in [0.5, 0.6) is 11.5 Å². The summed E-state index contributed by atoms with van der Waals surface area (Å²) < 4.78 is 115. The van der Waals surface area contributed by atoms with Gasteiger partial charge in [0.15, 0.2) is 16.5 Å². The van der Waals surface area contributed by atoms with Crippen LogP contribution in [0.4, 0.5) is 32.6 Å². The van der Waals surface area contributed by atoms with Gasteiger partial charge in [0.05, 0.1) is 0 Å². The largest absolute Gasteiger partial charge is 0.489 e. The van der Waals surface area contributed by atoms with Crippen LogP contribution in [-0.2, 0) is 0 Å². The molecule has 0 saturated carbocycles. The van der Waals surface area contributed by atoms with Gasteiger partial charge in [-0.05, 0) is 25.0 Å². The molecule has 1 aromatic carbocycles. The fourth-order valence-corrected chi connectivity index (χ4v) is 2.65. The van der Waals surface area contributed by atoms with Crippen LogP contribution in [0.1, 0.15) is 26.7 Å². The van der Waals surface area contributed by atoms with Gasteiger partial charge >= 0.3 is 10.2 Å². The van der Waals surface area contributed by atoms with Crippen LogP contribution in [0.15, 0.2) is 17.0 Å². The van der Waals surface area contributed by atoms with Gasteiger partial charge in [0.25, 0.3) is 0 Å². The number of benzene rings is 1. The molecule has 1 rings (SSSR count). The summed E-state index contributed by atoms with van der Waals surface area (Å²) in [5, 5.41) is 0. The molecule has 25 heavy (non-hydrogen) atoms. The molecule has 0 spiro atoms. The van der Waals surface area contributed by atoms with Crippen LogP contribution < -0.4 is 9.47 Å². The molecule has 0 aliphatic carbocycles. The van der Waals surface area contributed by atoms with Gasteiger partial charge in [-0.2, -0.15) is 0 Å². The predicted molar refractivity (Wildman–Crippen MR) is 79.2 cm³/mol. The molecule has 0 heterocycles. The minimum Gasteiger partial charge on any atom is -0.489 e. The zero-order valence-electron chi connectivity index (χ0n) is 13.4. The number of alkyl halides is 2. The van der Waals surface area contributed by atoms with E-state index in [1.807, 2.05) is 0 Å². The summed E-state index contributed by atoms with van der Waals surface area (Å²) in [6.45, 7) is 0.996. The molecule has 0 amide bonds. The number of ether oxygens (including phenoxy) is 2. The average molecular weight is 402 g/mol. The van der Waals surface area contributed by atoms with Crippen molar-refractivity contribution in [1.29, 1.82) is 0 Å². The number of halogens is 8. The summed E-state index contributed by atoms with van der Waals surface area (Å²) in [6, 6.07) is 0.993. The Kier molecular flexibility index (Phi) is 5.83. The summed E-state index contributed by atoms with van der Waals surface area (Å²) in [4.78, 5) is -2.94. The number of rotatable bonds is 9. The molecule has 0 saturated heterocycles. The van der Waals surface area contributed by atoms with E-state index in [2.05, 4.69) is 9.47 Å². The van der Waals surface area contributed by atoms with E-state index < -0.39 is 58.0 Å². The average Bonchev–Trinajstić information content (AvgIpc) is 2.48. The second kappa shape index (κ2) is 6.73. The lowest BCUT2D eigenvalue weighted by Gasteiger charge is -2.41. The third-order valence-corrected chi connectivity index (χ3v) is 4.29. The minimum atomic E-state index is -10.5. The fraction of sp³-hybridized carbons (Fsp3) is 0.571. The quantitative estimate of drug-likeness (QED) is 0.426. The molecule has 0 aromatic heterocycles. The second-order valence-electron chi connectivity index (χ2n) is 5.31. The first-order valence-electron chi connectivity index (χ1n) is 7.29. The maximum absolute atomic E-state index is 14.1. The third kappa shape index (κ3) is 6.12. The highest BCUT2D eigenvalue weighted by Gasteiger charge is 2.69. The highest BCUT2D eigenvalue weighted by Crippen LogP contribution is 3.03. The molecule has 0 radical (unpaired) electrons. The van der Waals surface area contributed by atoms with E-state index >= 15 is 0 Å². The summed E-state index contributed by atoms with van der Waals surface area (Å²) in [5.41, 5.74) is 0. The van der Waals surface area contributed by atoms with Crippen LogP contribution in [0.25, 0.3) is 0 Å². The third-order valence-electron chi connectivity index (χ3n) is 3.14. The maximum atomic E-state index is 14.1. The smallest absolute Gasteiger partial charge is 0.316 e. The first kappa shape index (κ1) is 21.7. The van der Waals surface area contributed by atoms with E-state index in [4.69, 9.17) is 0 Å². The Hall–Kier alpha value is -1.39. The highest BCUT2D eigenvalue weighted by molar-refractivity contribution is 8.45. The molecule has 11 heteroatoms. The summed E-state index contributed by atoms with van der Waals surface area (Å²) in [7, 11) is -10.5. The number of hydrogen-bond donors (Lipinski definition) is 0. The van der Waals surface area contributed by atoms with Crippen molar-refractivity contribution in [2.24, 2.45) is 0 Å². The Morgan fingerprint density at radius 2 is 1.24 bits per heavy atom. The van der Waals surface area contributed by atoms with Crippen molar-refractivity contribution in [3.8, 4) is 11.5 Å². The SMILES string of the molecule is CCC(F)COc1ccc(OCC(F)CC)c(S(F)(F)(F)(F)F)c1F. The first-order valence-corrected chi connectivity index (χ1v) is 9.25. The van der Waals surface area contributed by atoms with Gasteiger partial charge in [-0.25, -0.2) is 13.2 Å². The molecule has 0 N–H and O–H groups in total. The van der Waals surface area contributed by atoms with Crippen molar-refractivity contribution < 1.29 is 42.1 Å². The van der Waals surface area contributed by atoms with E-state index in [1.54, 1.807) is 0 Å². The van der Waals surface area contributed by atoms with Crippen molar-refractivity contribution in [3.05, 3.63) is 17.9 Å². The first-order chi connectivity index (χ1) is 11.2. The van der Waals surface area contributed by atoms with Gasteiger partial charge in [0, 0.05) is 0 Å². The van der Waals surface area contributed by atoms with Gasteiger partial charge in [-0.1, -0.05) is 33.3 Å². The Balaban J connectivity index is 3.34. The van der Waals surface area contributed by atoms with E-state index in [9.17, 15) is 32.6 Å². The van der Waals surface area contributed by atoms with E-state index in [1.165, 1.54) is 13.8 Å². The molecule has 0 bridgehead atoms. The van der Waals surface area contributed by atoms with E-state index in [0.717, 1.165) is 0 Å². The van der Waals surface area contributed by atoms with Crippen LogP contribution in [-0.4, -0.2) is 25.6 Å². The van der Waals surface area contributed by atoms with E-state index in [0.29, 0.717) is 12.1 Å². The van der Waals surface area contributed by atoms with Crippen molar-refractivity contribution in [3.63, 3.8) is 0 Å². The monoisotopic (exact) mass is 402 g/mol. The van der Waals surface area contributed by atoms with Crippen LogP contribution >= 0.6 is 10.2 Å². The lowest BCUT2D eigenvalue weighted by molar-refractivity contribution is 0.177. The van der Waals surface area contributed by atoms with Crippen LogP contribution in [0.2, 0.25) is 0 Å². The molecule has 2 unspecified atom stereocenters. The Labute approximate surface area is 139 Å². The van der Waals surface area contributed by atoms with E-state index in [-0.39, 0.29) is 12.8 Å². The fourth-order valence-electron chi connectivity index (χ4n) is 1.70. The summed E-state index contributed by atoms with van der Waals surface area (Å²) in [6.07, 6.45) is -3.53. The Morgan fingerprint density at radius 1 is 0.840 bits per heavy atom. The topological polar surface area (TPSA) is 18.5 Å². The minimum absolute atomic E-state index is 0.0634. The van der Waals surface area contributed by atoms with Crippen molar-refractivity contribution >= 4 is 10.2 Å². The van der Waals surface area contributed by atoms with Crippen molar-refractivity contribution in [2.45, 2.75) is 43.9 Å². The van der Waals surface area contributed by atoms with Gasteiger partial charge in [0.1, 0.15) is 31.3 Å². The molecular formula is C14H18F8O2S. The Morgan fingerprint density at radius 3 is 1.64 bits per heavy atom. The maximum Gasteiger partial charge on any atom is 0.316 e. The van der Waals surface area contributed by atoms with Crippen molar-refractivity contribution in [1.82, 2.24) is 0 Å². The Bertz CT molecular complexity index is 605. The molecular weight excluding hydrogens is 384 g/mol. The highest BCUT2D eigenvalue weighted by atomic mass is 32.5. The van der Waals surface area contributed by atoms with Gasteiger partial charge in [-0.3, -0.25) is 0 Å². The lowest BCUT2D eigenvalue weighted by Crippen LogP contribution is -2.17. The standard InChI is InChI=1S/C14H18F8O2S/c1-3-9(15)7-23-11-5-6-12(24-8-10(16)4-2)14(13(11)17)25(18,19,20,21)22/h5-6,9-10H,3-4,7-8H2,1-2H3. The molecule has 2 atom stereocenters. The molecule has 0 aliphatic heterocycles. The van der Waals surface area contributed by atoms with Gasteiger partial charge in [0.2, 0.25) is 0 Å². The van der Waals surface area contributed by atoms with Gasteiger partial charge < -0.3 is 9.47 Å². The normalized spacial score (nSPS) is 17.4. The van der Waals surface area contributed by atoms with Crippen LogP contribution in [0, 0.1) is 5.82 Å². The second-order valence-corrected chi connectivity index (χ2v) is 7.65.